The van der Waals surface area contributed by atoms with E-state index in [-0.39, 0.29) is 0 Å². The molecule has 0 aromatic rings. The molecule has 0 aliphatic rings. The van der Waals surface area contributed by atoms with Gasteiger partial charge in [0.05, 0.1) is 0 Å². The van der Waals surface area contributed by atoms with Crippen molar-refractivity contribution >= 4 is 17.7 Å². The fraction of sp³-hybridized carbons (Fsp3) is 0.833. The minimum atomic E-state index is -0.959. The zero-order valence-electron chi connectivity index (χ0n) is 6.04. The average molecular weight is 163 g/mol. The smallest absolute Gasteiger partial charge is 0.246 e. The summed E-state index contributed by atoms with van der Waals surface area (Å²) in [5.41, 5.74) is 4.82. The molecule has 0 heterocycles. The van der Waals surface area contributed by atoms with E-state index in [1.54, 1.807) is 11.8 Å². The highest BCUT2D eigenvalue weighted by Crippen LogP contribution is 2.03. The molecule has 10 heavy (non-hydrogen) atoms. The Morgan fingerprint density at radius 2 is 2.40 bits per heavy atom. The van der Waals surface area contributed by atoms with E-state index in [0.717, 1.165) is 11.5 Å². The van der Waals surface area contributed by atoms with Crippen LogP contribution in [0.3, 0.4) is 0 Å². The molecule has 1 amide bonds. The lowest BCUT2D eigenvalue weighted by atomic mass is 10.3. The molecule has 0 fully saturated rings. The topological polar surface area (TPSA) is 63.3 Å². The van der Waals surface area contributed by atoms with Gasteiger partial charge in [0.15, 0.2) is 0 Å². The maximum absolute atomic E-state index is 10.3. The van der Waals surface area contributed by atoms with Crippen LogP contribution >= 0.6 is 11.8 Å². The van der Waals surface area contributed by atoms with Gasteiger partial charge in [0.25, 0.3) is 0 Å². The lowest BCUT2D eigenvalue weighted by molar-refractivity contribution is -0.126. The molecule has 0 saturated heterocycles. The molecule has 4 heteroatoms. The summed E-state index contributed by atoms with van der Waals surface area (Å²) in [6, 6.07) is 0. The molecule has 0 spiro atoms. The second-order valence-corrected chi connectivity index (χ2v) is 3.30. The highest BCUT2D eigenvalue weighted by atomic mass is 32.2. The van der Waals surface area contributed by atoms with Crippen molar-refractivity contribution in [3.8, 4) is 0 Å². The molecular formula is C6H13NO2S. The van der Waals surface area contributed by atoms with Crippen LogP contribution < -0.4 is 5.73 Å². The third-order valence-corrected chi connectivity index (χ3v) is 2.00. The molecule has 0 bridgehead atoms. The predicted molar refractivity (Wildman–Crippen MR) is 42.8 cm³/mol. The fourth-order valence-electron chi connectivity index (χ4n) is 0.482. The van der Waals surface area contributed by atoms with Gasteiger partial charge in [-0.25, -0.2) is 0 Å². The van der Waals surface area contributed by atoms with Gasteiger partial charge in [0, 0.05) is 0 Å². The third-order valence-electron chi connectivity index (χ3n) is 1.07. The van der Waals surface area contributed by atoms with E-state index in [4.69, 9.17) is 10.8 Å². The van der Waals surface area contributed by atoms with E-state index in [0.29, 0.717) is 6.42 Å². The van der Waals surface area contributed by atoms with Crippen molar-refractivity contribution in [2.24, 2.45) is 5.73 Å². The van der Waals surface area contributed by atoms with Crippen molar-refractivity contribution in [1.82, 2.24) is 0 Å². The van der Waals surface area contributed by atoms with Gasteiger partial charge in [-0.15, -0.1) is 0 Å². The minimum Gasteiger partial charge on any atom is -0.383 e. The third kappa shape index (κ3) is 4.64. The van der Waals surface area contributed by atoms with Crippen molar-refractivity contribution in [1.29, 1.82) is 0 Å². The zero-order chi connectivity index (χ0) is 7.98. The summed E-state index contributed by atoms with van der Waals surface area (Å²) in [4.78, 5) is 10.3. The predicted octanol–water partition coefficient (Wildman–Crippen LogP) is -0.0242. The van der Waals surface area contributed by atoms with Crippen molar-refractivity contribution < 1.29 is 9.90 Å². The summed E-state index contributed by atoms with van der Waals surface area (Å²) in [6.45, 7) is 2.03. The first-order valence-electron chi connectivity index (χ1n) is 3.23. The van der Waals surface area contributed by atoms with Gasteiger partial charge in [0.2, 0.25) is 5.91 Å². The number of primary amides is 1. The SMILES string of the molecule is CCSCCC(O)C(N)=O. The van der Waals surface area contributed by atoms with Crippen LogP contribution in [-0.4, -0.2) is 28.6 Å². The molecule has 0 aromatic carbocycles. The molecule has 0 rings (SSSR count). The summed E-state index contributed by atoms with van der Waals surface area (Å²) < 4.78 is 0. The van der Waals surface area contributed by atoms with E-state index in [1.165, 1.54) is 0 Å². The number of rotatable bonds is 5. The van der Waals surface area contributed by atoms with Crippen molar-refractivity contribution in [2.45, 2.75) is 19.4 Å². The normalized spacial score (nSPS) is 13.0. The number of hydrogen-bond acceptors (Lipinski definition) is 3. The molecular weight excluding hydrogens is 150 g/mol. The maximum atomic E-state index is 10.3. The van der Waals surface area contributed by atoms with Gasteiger partial charge < -0.3 is 10.8 Å². The van der Waals surface area contributed by atoms with E-state index < -0.39 is 12.0 Å². The van der Waals surface area contributed by atoms with Crippen molar-refractivity contribution in [3.05, 3.63) is 0 Å². The molecule has 0 aromatic heterocycles. The van der Waals surface area contributed by atoms with Crippen molar-refractivity contribution in [3.63, 3.8) is 0 Å². The summed E-state index contributed by atoms with van der Waals surface area (Å²) in [5, 5.41) is 8.87. The largest absolute Gasteiger partial charge is 0.383 e. The minimum absolute atomic E-state index is 0.466. The molecule has 1 atom stereocenters. The Kier molecular flexibility index (Phi) is 5.43. The number of amides is 1. The molecule has 60 valence electrons. The first kappa shape index (κ1) is 9.78. The molecule has 1 unspecified atom stereocenters. The van der Waals surface area contributed by atoms with Crippen LogP contribution in [0.25, 0.3) is 0 Å². The van der Waals surface area contributed by atoms with Crippen LogP contribution in [0.5, 0.6) is 0 Å². The second kappa shape index (κ2) is 5.56. The Hall–Kier alpha value is -0.220. The number of nitrogens with two attached hydrogens (primary N) is 1. The summed E-state index contributed by atoms with van der Waals surface area (Å²) in [7, 11) is 0. The zero-order valence-corrected chi connectivity index (χ0v) is 6.86. The van der Waals surface area contributed by atoms with Crippen LogP contribution in [0.4, 0.5) is 0 Å². The Balaban J connectivity index is 3.21. The summed E-state index contributed by atoms with van der Waals surface area (Å²) in [6.07, 6.45) is -0.493. The van der Waals surface area contributed by atoms with Crippen LogP contribution in [0, 0.1) is 0 Å². The van der Waals surface area contributed by atoms with E-state index >= 15 is 0 Å². The molecule has 3 nitrogen and oxygen atoms in total. The van der Waals surface area contributed by atoms with E-state index in [9.17, 15) is 4.79 Å². The molecule has 0 aliphatic carbocycles. The lowest BCUT2D eigenvalue weighted by Crippen LogP contribution is -2.28. The van der Waals surface area contributed by atoms with Gasteiger partial charge in [-0.05, 0) is 17.9 Å². The van der Waals surface area contributed by atoms with Gasteiger partial charge in [0.1, 0.15) is 6.10 Å². The fourth-order valence-corrected chi connectivity index (χ4v) is 1.16. The first-order chi connectivity index (χ1) is 4.68. The number of thioether (sulfide) groups is 1. The number of carbonyl (C=O) groups excluding carboxylic acids is 1. The summed E-state index contributed by atoms with van der Waals surface area (Å²) in [5.74, 6) is 1.17. The second-order valence-electron chi connectivity index (χ2n) is 1.90. The molecule has 0 aliphatic heterocycles. The number of aliphatic hydroxyl groups excluding tert-OH is 1. The molecule has 0 saturated carbocycles. The van der Waals surface area contributed by atoms with Gasteiger partial charge in [-0.1, -0.05) is 6.92 Å². The Bertz CT molecular complexity index is 108. The average Bonchev–Trinajstić information content (AvgIpc) is 1.88. The van der Waals surface area contributed by atoms with E-state index in [1.807, 2.05) is 6.92 Å². The number of aliphatic hydroxyl groups is 1. The summed E-state index contributed by atoms with van der Waals surface area (Å²) >= 11 is 1.69. The highest BCUT2D eigenvalue weighted by molar-refractivity contribution is 7.99. The first-order valence-corrected chi connectivity index (χ1v) is 4.39. The Morgan fingerprint density at radius 3 is 2.80 bits per heavy atom. The Morgan fingerprint density at radius 1 is 1.80 bits per heavy atom. The number of hydrogen-bond donors (Lipinski definition) is 2. The monoisotopic (exact) mass is 163 g/mol. The van der Waals surface area contributed by atoms with Crippen LogP contribution in [0.1, 0.15) is 13.3 Å². The van der Waals surface area contributed by atoms with Crippen LogP contribution in [0.15, 0.2) is 0 Å². The maximum Gasteiger partial charge on any atom is 0.246 e. The van der Waals surface area contributed by atoms with Gasteiger partial charge >= 0.3 is 0 Å². The number of carbonyl (C=O) groups is 1. The van der Waals surface area contributed by atoms with Crippen LogP contribution in [0.2, 0.25) is 0 Å². The molecule has 0 radical (unpaired) electrons. The standard InChI is InChI=1S/C6H13NO2S/c1-2-10-4-3-5(8)6(7)9/h5,8H,2-4H2,1H3,(H2,7,9). The van der Waals surface area contributed by atoms with Crippen LogP contribution in [-0.2, 0) is 4.79 Å². The van der Waals surface area contributed by atoms with E-state index in [2.05, 4.69) is 0 Å². The van der Waals surface area contributed by atoms with Crippen molar-refractivity contribution in [2.75, 3.05) is 11.5 Å². The highest BCUT2D eigenvalue weighted by Gasteiger charge is 2.08. The Labute approximate surface area is 65.0 Å². The lowest BCUT2D eigenvalue weighted by Gasteiger charge is -2.03. The quantitative estimate of drug-likeness (QED) is 0.560. The molecule has 3 N–H and O–H groups in total. The van der Waals surface area contributed by atoms with Gasteiger partial charge in [-0.2, -0.15) is 11.8 Å². The van der Waals surface area contributed by atoms with Gasteiger partial charge in [-0.3, -0.25) is 4.79 Å².